The quantitative estimate of drug-likeness (QED) is 0.662. The number of rotatable bonds is 3. The van der Waals surface area contributed by atoms with Gasteiger partial charge in [-0.15, -0.1) is 0 Å². The molecule has 0 amide bonds. The number of pyridine rings is 1. The summed E-state index contributed by atoms with van der Waals surface area (Å²) in [6, 6.07) is 9.57. The highest BCUT2D eigenvalue weighted by atomic mass is 79.9. The van der Waals surface area contributed by atoms with Gasteiger partial charge in [-0.1, -0.05) is 11.6 Å². The molecule has 3 rings (SSSR count). The third-order valence-corrected chi connectivity index (χ3v) is 3.66. The highest BCUT2D eigenvalue weighted by Crippen LogP contribution is 2.27. The fourth-order valence-electron chi connectivity index (χ4n) is 1.83. The molecule has 0 atom stereocenters. The molecular weight excluding hydrogens is 371 g/mol. The molecule has 22 heavy (non-hydrogen) atoms. The molecule has 0 radical (unpaired) electrons. The summed E-state index contributed by atoms with van der Waals surface area (Å²) in [5, 5.41) is 3.38. The van der Waals surface area contributed by atoms with E-state index in [4.69, 9.17) is 11.6 Å². The molecule has 0 aliphatic rings. The molecule has 0 unspecified atom stereocenters. The van der Waals surface area contributed by atoms with E-state index in [9.17, 15) is 4.39 Å². The molecule has 1 N–H and O–H groups in total. The number of aromatic nitrogens is 3. The Kier molecular flexibility index (Phi) is 4.31. The standard InChI is InChI=1S/C15H9BrClFN4/c16-11-6-10(18)3-4-12(11)20-14-7-13(17)21-15(22-14)9-2-1-5-19-8-9/h1-8H,(H,20,21,22). The topological polar surface area (TPSA) is 50.7 Å². The summed E-state index contributed by atoms with van der Waals surface area (Å²) in [7, 11) is 0. The van der Waals surface area contributed by atoms with Gasteiger partial charge >= 0.3 is 0 Å². The maximum Gasteiger partial charge on any atom is 0.164 e. The zero-order valence-electron chi connectivity index (χ0n) is 11.1. The van der Waals surface area contributed by atoms with Crippen molar-refractivity contribution in [1.82, 2.24) is 15.0 Å². The zero-order chi connectivity index (χ0) is 15.5. The third kappa shape index (κ3) is 3.40. The minimum atomic E-state index is -0.325. The van der Waals surface area contributed by atoms with Crippen LogP contribution in [0.15, 0.2) is 53.3 Å². The van der Waals surface area contributed by atoms with Gasteiger partial charge in [0.2, 0.25) is 0 Å². The van der Waals surface area contributed by atoms with E-state index < -0.39 is 0 Å². The lowest BCUT2D eigenvalue weighted by Gasteiger charge is -2.09. The van der Waals surface area contributed by atoms with Crippen LogP contribution in [0, 0.1) is 5.82 Å². The van der Waals surface area contributed by atoms with Gasteiger partial charge in [-0.25, -0.2) is 14.4 Å². The Morgan fingerprint density at radius 1 is 1.14 bits per heavy atom. The molecular formula is C15H9BrClFN4. The van der Waals surface area contributed by atoms with Crippen LogP contribution >= 0.6 is 27.5 Å². The number of nitrogens with zero attached hydrogens (tertiary/aromatic N) is 3. The minimum Gasteiger partial charge on any atom is -0.339 e. The van der Waals surface area contributed by atoms with E-state index in [1.807, 2.05) is 6.07 Å². The summed E-state index contributed by atoms with van der Waals surface area (Å²) in [5.41, 5.74) is 1.43. The lowest BCUT2D eigenvalue weighted by molar-refractivity contribution is 0.627. The number of hydrogen-bond acceptors (Lipinski definition) is 4. The Bertz CT molecular complexity index is 814. The number of halogens is 3. The van der Waals surface area contributed by atoms with Crippen LogP contribution in [-0.4, -0.2) is 15.0 Å². The van der Waals surface area contributed by atoms with Crippen molar-refractivity contribution in [2.75, 3.05) is 5.32 Å². The van der Waals surface area contributed by atoms with Crippen molar-refractivity contribution in [1.29, 1.82) is 0 Å². The lowest BCUT2D eigenvalue weighted by Crippen LogP contribution is -1.98. The molecule has 2 heterocycles. The average Bonchev–Trinajstić information content (AvgIpc) is 2.50. The van der Waals surface area contributed by atoms with E-state index in [1.165, 1.54) is 12.1 Å². The fourth-order valence-corrected chi connectivity index (χ4v) is 2.47. The summed E-state index contributed by atoms with van der Waals surface area (Å²) >= 11 is 9.35. The summed E-state index contributed by atoms with van der Waals surface area (Å²) in [4.78, 5) is 12.6. The molecule has 2 aromatic heterocycles. The Hall–Kier alpha value is -2.05. The highest BCUT2D eigenvalue weighted by Gasteiger charge is 2.08. The van der Waals surface area contributed by atoms with E-state index in [0.717, 1.165) is 5.56 Å². The van der Waals surface area contributed by atoms with Crippen LogP contribution in [0.4, 0.5) is 15.9 Å². The molecule has 0 aliphatic carbocycles. The molecule has 0 aliphatic heterocycles. The van der Waals surface area contributed by atoms with Crippen molar-refractivity contribution in [3.05, 3.63) is 64.2 Å². The van der Waals surface area contributed by atoms with E-state index >= 15 is 0 Å². The van der Waals surface area contributed by atoms with Gasteiger partial charge in [0.15, 0.2) is 5.82 Å². The van der Waals surface area contributed by atoms with Crippen LogP contribution < -0.4 is 5.32 Å². The molecule has 1 aromatic carbocycles. The molecule has 0 fully saturated rings. The van der Waals surface area contributed by atoms with E-state index in [0.29, 0.717) is 27.0 Å². The van der Waals surface area contributed by atoms with Gasteiger partial charge in [0.1, 0.15) is 16.8 Å². The summed E-state index contributed by atoms with van der Waals surface area (Å²) in [6.07, 6.45) is 3.33. The first-order valence-corrected chi connectivity index (χ1v) is 7.46. The van der Waals surface area contributed by atoms with Crippen LogP contribution in [0.5, 0.6) is 0 Å². The van der Waals surface area contributed by atoms with Gasteiger partial charge in [0.25, 0.3) is 0 Å². The van der Waals surface area contributed by atoms with Crippen molar-refractivity contribution in [2.45, 2.75) is 0 Å². The number of hydrogen-bond donors (Lipinski definition) is 1. The van der Waals surface area contributed by atoms with E-state index in [1.54, 1.807) is 30.6 Å². The highest BCUT2D eigenvalue weighted by molar-refractivity contribution is 9.10. The Morgan fingerprint density at radius 3 is 2.73 bits per heavy atom. The lowest BCUT2D eigenvalue weighted by atomic mass is 10.2. The summed E-state index contributed by atoms with van der Waals surface area (Å²) in [5.74, 6) is 0.640. The second kappa shape index (κ2) is 6.37. The first-order chi connectivity index (χ1) is 10.6. The molecule has 4 nitrogen and oxygen atoms in total. The number of anilines is 2. The normalized spacial score (nSPS) is 10.5. The van der Waals surface area contributed by atoms with Gasteiger partial charge in [-0.2, -0.15) is 0 Å². The molecule has 110 valence electrons. The van der Waals surface area contributed by atoms with Crippen LogP contribution in [0.3, 0.4) is 0 Å². The first kappa shape index (κ1) is 14.9. The zero-order valence-corrected chi connectivity index (χ0v) is 13.4. The largest absolute Gasteiger partial charge is 0.339 e. The molecule has 3 aromatic rings. The Labute approximate surface area is 139 Å². The fraction of sp³-hybridized carbons (Fsp3) is 0. The number of benzene rings is 1. The second-order valence-corrected chi connectivity index (χ2v) is 5.63. The monoisotopic (exact) mass is 378 g/mol. The summed E-state index contributed by atoms with van der Waals surface area (Å²) in [6.45, 7) is 0. The van der Waals surface area contributed by atoms with E-state index in [-0.39, 0.29) is 5.82 Å². The minimum absolute atomic E-state index is 0.301. The van der Waals surface area contributed by atoms with Crippen LogP contribution in [0.25, 0.3) is 11.4 Å². The third-order valence-electron chi connectivity index (χ3n) is 2.81. The Balaban J connectivity index is 1.96. The van der Waals surface area contributed by atoms with Crippen molar-refractivity contribution in [2.24, 2.45) is 0 Å². The average molecular weight is 380 g/mol. The molecule has 7 heteroatoms. The summed E-state index contributed by atoms with van der Waals surface area (Å²) < 4.78 is 13.7. The SMILES string of the molecule is Fc1ccc(Nc2cc(Cl)nc(-c3cccnc3)n2)c(Br)c1. The van der Waals surface area contributed by atoms with E-state index in [2.05, 4.69) is 36.2 Å². The van der Waals surface area contributed by atoms with Crippen LogP contribution in [0.1, 0.15) is 0 Å². The first-order valence-electron chi connectivity index (χ1n) is 6.29. The van der Waals surface area contributed by atoms with Crippen LogP contribution in [0.2, 0.25) is 5.15 Å². The smallest absolute Gasteiger partial charge is 0.164 e. The predicted molar refractivity (Wildman–Crippen MR) is 87.7 cm³/mol. The molecule has 0 spiro atoms. The maximum atomic E-state index is 13.1. The molecule has 0 saturated heterocycles. The van der Waals surface area contributed by atoms with Crippen molar-refractivity contribution < 1.29 is 4.39 Å². The Morgan fingerprint density at radius 2 is 2.00 bits per heavy atom. The van der Waals surface area contributed by atoms with Gasteiger partial charge in [-0.05, 0) is 46.3 Å². The van der Waals surface area contributed by atoms with Gasteiger partial charge in [0.05, 0.1) is 5.69 Å². The second-order valence-electron chi connectivity index (χ2n) is 4.39. The van der Waals surface area contributed by atoms with Crippen molar-refractivity contribution >= 4 is 39.0 Å². The van der Waals surface area contributed by atoms with Gasteiger partial charge in [-0.3, -0.25) is 4.98 Å². The van der Waals surface area contributed by atoms with Gasteiger partial charge in [0, 0.05) is 28.5 Å². The maximum absolute atomic E-state index is 13.1. The van der Waals surface area contributed by atoms with Crippen molar-refractivity contribution in [3.8, 4) is 11.4 Å². The molecule has 0 bridgehead atoms. The predicted octanol–water partition coefficient (Wildman–Crippen LogP) is 4.84. The van der Waals surface area contributed by atoms with Gasteiger partial charge < -0.3 is 5.32 Å². The van der Waals surface area contributed by atoms with Crippen molar-refractivity contribution in [3.63, 3.8) is 0 Å². The molecule has 0 saturated carbocycles. The number of nitrogens with one attached hydrogen (secondary N) is 1. The van der Waals surface area contributed by atoms with Crippen LogP contribution in [-0.2, 0) is 0 Å².